The first-order valence-corrected chi connectivity index (χ1v) is 33.2. The van der Waals surface area contributed by atoms with Crippen molar-refractivity contribution in [3.8, 4) is 0 Å². The Kier molecular flexibility index (Phi) is 53.9. The lowest BCUT2D eigenvalue weighted by Crippen LogP contribution is -2.47. The molecule has 0 bridgehead atoms. The van der Waals surface area contributed by atoms with Gasteiger partial charge in [0.05, 0.1) is 33.8 Å². The monoisotopic (exact) mass is 1080 g/mol. The fourth-order valence-corrected chi connectivity index (χ4v) is 9.74. The number of ether oxygens (including phenoxy) is 1. The first kappa shape index (κ1) is 73.5. The number of likely N-dealkylation sites (N-methyl/N-ethyl adjacent to an activating group) is 1. The summed E-state index contributed by atoms with van der Waals surface area (Å²) in [4.78, 5) is 40.0. The molecule has 76 heavy (non-hydrogen) atoms. The molecule has 0 aromatic heterocycles. The molecule has 0 radical (unpaired) electrons. The highest BCUT2D eigenvalue weighted by molar-refractivity contribution is 7.45. The van der Waals surface area contributed by atoms with Gasteiger partial charge in [-0.25, -0.2) is 0 Å². The molecule has 3 unspecified atom stereocenters. The van der Waals surface area contributed by atoms with Crippen LogP contribution >= 0.6 is 7.82 Å². The van der Waals surface area contributed by atoms with Gasteiger partial charge in [0.2, 0.25) is 5.91 Å². The van der Waals surface area contributed by atoms with Crippen LogP contribution in [0.2, 0.25) is 0 Å². The van der Waals surface area contributed by atoms with Gasteiger partial charge < -0.3 is 28.5 Å². The Labute approximate surface area is 470 Å². The SMILES string of the molecule is CC/C=C\C/C=C\C/C=C\C/C=C\C/C=C\CCCCCCCCCC(=O)NC(COP(=O)([O-])OCC[N+](C)(C)C)C(/C=C\CCCCCCCCCCCC)OC(=O)CCCCCCCCCCCCCCCCC. The van der Waals surface area contributed by atoms with E-state index in [4.69, 9.17) is 13.8 Å². The maximum Gasteiger partial charge on any atom is 0.306 e. The predicted octanol–water partition coefficient (Wildman–Crippen LogP) is 19.0. The first-order chi connectivity index (χ1) is 36.9. The zero-order chi connectivity index (χ0) is 55.7. The summed E-state index contributed by atoms with van der Waals surface area (Å²) in [6.45, 7) is 6.74. The summed E-state index contributed by atoms with van der Waals surface area (Å²) in [6, 6.07) is -0.895. The number of nitrogens with zero attached hydrogens (tertiary/aromatic N) is 1. The molecule has 10 heteroatoms. The molecule has 0 saturated carbocycles. The molecule has 0 heterocycles. The van der Waals surface area contributed by atoms with E-state index in [9.17, 15) is 19.0 Å². The van der Waals surface area contributed by atoms with Gasteiger partial charge in [-0.05, 0) is 76.7 Å². The molecule has 0 aromatic carbocycles. The van der Waals surface area contributed by atoms with Crippen molar-refractivity contribution in [1.82, 2.24) is 5.32 Å². The second-order valence-corrected chi connectivity index (χ2v) is 23.9. The van der Waals surface area contributed by atoms with E-state index in [1.165, 1.54) is 148 Å². The Morgan fingerprint density at radius 2 is 0.842 bits per heavy atom. The second-order valence-electron chi connectivity index (χ2n) is 22.5. The third-order valence-corrected chi connectivity index (χ3v) is 14.9. The Bertz CT molecular complexity index is 1530. The lowest BCUT2D eigenvalue weighted by Gasteiger charge is -2.30. The molecule has 0 aliphatic rings. The van der Waals surface area contributed by atoms with Gasteiger partial charge in [0.15, 0.2) is 0 Å². The van der Waals surface area contributed by atoms with Gasteiger partial charge in [0.1, 0.15) is 19.3 Å². The van der Waals surface area contributed by atoms with Crippen LogP contribution in [-0.2, 0) is 27.9 Å². The largest absolute Gasteiger partial charge is 0.756 e. The van der Waals surface area contributed by atoms with Crippen LogP contribution in [0.5, 0.6) is 0 Å². The summed E-state index contributed by atoms with van der Waals surface area (Å²) in [5.41, 5.74) is 0. The third kappa shape index (κ3) is 56.2. The van der Waals surface area contributed by atoms with Gasteiger partial charge in [-0.3, -0.25) is 14.2 Å². The summed E-state index contributed by atoms with van der Waals surface area (Å²) < 4.78 is 30.3. The molecular formula is C66H121N2O7P. The number of rotatable bonds is 57. The van der Waals surface area contributed by atoms with Gasteiger partial charge in [-0.2, -0.15) is 0 Å². The van der Waals surface area contributed by atoms with Crippen LogP contribution in [0.25, 0.3) is 0 Å². The topological polar surface area (TPSA) is 114 Å². The molecule has 1 amide bonds. The summed E-state index contributed by atoms with van der Waals surface area (Å²) >= 11 is 0. The van der Waals surface area contributed by atoms with Crippen molar-refractivity contribution in [1.29, 1.82) is 0 Å². The van der Waals surface area contributed by atoms with Crippen LogP contribution in [0.1, 0.15) is 284 Å². The molecule has 0 saturated heterocycles. The minimum absolute atomic E-state index is 0.0258. The predicted molar refractivity (Wildman–Crippen MR) is 325 cm³/mol. The number of nitrogens with one attached hydrogen (secondary N) is 1. The number of unbranched alkanes of at least 4 members (excludes halogenated alkanes) is 31. The molecule has 0 aliphatic carbocycles. The van der Waals surface area contributed by atoms with Crippen LogP contribution in [0.3, 0.4) is 0 Å². The highest BCUT2D eigenvalue weighted by atomic mass is 31.2. The molecule has 0 aliphatic heterocycles. The fourth-order valence-electron chi connectivity index (χ4n) is 9.02. The number of carbonyl (C=O) groups is 2. The molecule has 0 fully saturated rings. The minimum atomic E-state index is -4.70. The molecule has 0 rings (SSSR count). The Morgan fingerprint density at radius 3 is 1.26 bits per heavy atom. The Balaban J connectivity index is 5.21. The van der Waals surface area contributed by atoms with Crippen molar-refractivity contribution >= 4 is 19.7 Å². The molecular weight excluding hydrogens is 964 g/mol. The maximum atomic E-state index is 13.5. The Morgan fingerprint density at radius 1 is 0.474 bits per heavy atom. The van der Waals surface area contributed by atoms with E-state index in [1.807, 2.05) is 33.3 Å². The molecule has 442 valence electrons. The summed E-state index contributed by atoms with van der Waals surface area (Å²) in [6.07, 6.45) is 71.5. The van der Waals surface area contributed by atoms with Crippen LogP contribution in [-0.4, -0.2) is 69.4 Å². The number of phosphoric ester groups is 1. The average molecular weight is 1090 g/mol. The highest BCUT2D eigenvalue weighted by Gasteiger charge is 2.27. The smallest absolute Gasteiger partial charge is 0.306 e. The number of amides is 1. The number of phosphoric acid groups is 1. The molecule has 0 spiro atoms. The van der Waals surface area contributed by atoms with E-state index in [0.717, 1.165) is 103 Å². The highest BCUT2D eigenvalue weighted by Crippen LogP contribution is 2.38. The Hall–Kier alpha value is -2.55. The normalized spacial score (nSPS) is 14.1. The van der Waals surface area contributed by atoms with Crippen LogP contribution in [0, 0.1) is 0 Å². The first-order valence-electron chi connectivity index (χ1n) is 31.7. The van der Waals surface area contributed by atoms with Crippen LogP contribution in [0.15, 0.2) is 72.9 Å². The summed E-state index contributed by atoms with van der Waals surface area (Å²) in [5, 5.41) is 3.03. The van der Waals surface area contributed by atoms with Crippen molar-refractivity contribution in [3.63, 3.8) is 0 Å². The van der Waals surface area contributed by atoms with Gasteiger partial charge in [-0.1, -0.05) is 267 Å². The maximum absolute atomic E-state index is 13.5. The van der Waals surface area contributed by atoms with E-state index in [-0.39, 0.29) is 24.9 Å². The van der Waals surface area contributed by atoms with Gasteiger partial charge in [-0.15, -0.1) is 0 Å². The van der Waals surface area contributed by atoms with E-state index in [2.05, 4.69) is 86.8 Å². The van der Waals surface area contributed by atoms with Gasteiger partial charge in [0, 0.05) is 12.8 Å². The number of allylic oxidation sites excluding steroid dienone is 11. The number of esters is 1. The summed E-state index contributed by atoms with van der Waals surface area (Å²) in [5.74, 6) is -0.547. The van der Waals surface area contributed by atoms with Crippen molar-refractivity contribution in [2.75, 3.05) is 40.9 Å². The number of quaternary nitrogens is 1. The molecule has 0 aromatic rings. The summed E-state index contributed by atoms with van der Waals surface area (Å²) in [7, 11) is 1.18. The van der Waals surface area contributed by atoms with Gasteiger partial charge in [0.25, 0.3) is 7.82 Å². The van der Waals surface area contributed by atoms with Gasteiger partial charge >= 0.3 is 5.97 Å². The number of carbonyl (C=O) groups excluding carboxylic acids is 2. The van der Waals surface area contributed by atoms with Crippen molar-refractivity contribution in [2.24, 2.45) is 0 Å². The zero-order valence-electron chi connectivity index (χ0n) is 50.4. The molecule has 3 atom stereocenters. The van der Waals surface area contributed by atoms with Crippen molar-refractivity contribution < 1.29 is 37.3 Å². The van der Waals surface area contributed by atoms with E-state index < -0.39 is 26.6 Å². The van der Waals surface area contributed by atoms with Crippen molar-refractivity contribution in [3.05, 3.63) is 72.9 Å². The fraction of sp³-hybridized carbons (Fsp3) is 0.788. The van der Waals surface area contributed by atoms with E-state index in [0.29, 0.717) is 17.4 Å². The number of hydrogen-bond donors (Lipinski definition) is 1. The third-order valence-electron chi connectivity index (χ3n) is 13.9. The second kappa shape index (κ2) is 55.8. The van der Waals surface area contributed by atoms with E-state index >= 15 is 0 Å². The van der Waals surface area contributed by atoms with Crippen molar-refractivity contribution in [2.45, 2.75) is 296 Å². The lowest BCUT2D eigenvalue weighted by atomic mass is 10.0. The minimum Gasteiger partial charge on any atom is -0.756 e. The van der Waals surface area contributed by atoms with Crippen LogP contribution < -0.4 is 10.2 Å². The van der Waals surface area contributed by atoms with Crippen LogP contribution in [0.4, 0.5) is 0 Å². The quantitative estimate of drug-likeness (QED) is 0.0212. The molecule has 9 nitrogen and oxygen atoms in total. The standard InChI is InChI=1S/C66H121N2O7P/c1-7-10-13-16-19-22-25-28-30-31-32-33-34-35-36-37-39-40-43-46-49-52-55-58-65(69)67-63(62-74-76(71,72)73-61-60-68(4,5)6)64(57-54-51-48-45-42-27-24-21-18-15-12-9-3)75-66(70)59-56-53-50-47-44-41-38-29-26-23-20-17-14-11-8-2/h10,13,19,22,28,30,32-33,35-36,54,57,63-64H,7-9,11-12,14-18,20-21,23-27,29,31,34,37-53,55-56,58-62H2,1-6H3,(H-,67,69,71,72)/b13-10-,22-19-,30-28-,33-32-,36-35-,57-54-. The lowest BCUT2D eigenvalue weighted by molar-refractivity contribution is -0.870. The average Bonchev–Trinajstić information content (AvgIpc) is 3.38. The number of hydrogen-bond acceptors (Lipinski definition) is 7. The zero-order valence-corrected chi connectivity index (χ0v) is 51.3. The molecule has 1 N–H and O–H groups in total. The van der Waals surface area contributed by atoms with E-state index in [1.54, 1.807) is 0 Å².